The van der Waals surface area contributed by atoms with Crippen molar-refractivity contribution in [1.29, 1.82) is 0 Å². The number of phosphoric acid groups is 1. The normalized spacial score (nSPS) is 12.8. The number of phosphoric ester groups is 1. The minimum absolute atomic E-state index is 0.0589. The van der Waals surface area contributed by atoms with Crippen molar-refractivity contribution in [2.24, 2.45) is 5.73 Å². The van der Waals surface area contributed by atoms with Crippen molar-refractivity contribution in [3.8, 4) is 0 Å². The molecule has 0 aliphatic carbocycles. The van der Waals surface area contributed by atoms with Gasteiger partial charge in [0.1, 0.15) is 6.61 Å². The van der Waals surface area contributed by atoms with Gasteiger partial charge in [-0.2, -0.15) is 0 Å². The molecule has 0 heterocycles. The summed E-state index contributed by atoms with van der Waals surface area (Å²) in [6.07, 6.45) is 86.7. The molecule has 2 atom stereocenters. The Kier molecular flexibility index (Phi) is 71.2. The molecule has 0 fully saturated rings. The molecule has 0 aromatic heterocycles. The third-order valence-electron chi connectivity index (χ3n) is 18.0. The number of nitrogens with two attached hydrogens (primary N) is 1. The molecule has 508 valence electrons. The van der Waals surface area contributed by atoms with Crippen molar-refractivity contribution in [3.05, 3.63) is 0 Å². The summed E-state index contributed by atoms with van der Waals surface area (Å²) in [7, 11) is -4.39. The summed E-state index contributed by atoms with van der Waals surface area (Å²) in [4.78, 5) is 35.4. The number of hydrogen-bond donors (Lipinski definition) is 2. The van der Waals surface area contributed by atoms with Crippen LogP contribution in [0.25, 0.3) is 0 Å². The second-order valence-electron chi connectivity index (χ2n) is 26.6. The van der Waals surface area contributed by atoms with Crippen molar-refractivity contribution in [2.45, 2.75) is 444 Å². The van der Waals surface area contributed by atoms with Gasteiger partial charge in [0.05, 0.1) is 13.2 Å². The summed E-state index contributed by atoms with van der Waals surface area (Å²) in [5.74, 6) is -0.795. The first-order chi connectivity index (χ1) is 41.8. The van der Waals surface area contributed by atoms with Crippen LogP contribution in [0.15, 0.2) is 0 Å². The van der Waals surface area contributed by atoms with Gasteiger partial charge in [-0.1, -0.05) is 412 Å². The molecule has 0 saturated carbocycles. The second-order valence-corrected chi connectivity index (χ2v) is 28.1. The van der Waals surface area contributed by atoms with Crippen LogP contribution in [-0.2, 0) is 32.7 Å². The Morgan fingerprint density at radius 1 is 0.306 bits per heavy atom. The number of ether oxygens (including phenoxy) is 2. The molecular weight excluding hydrogens is 1070 g/mol. The zero-order valence-corrected chi connectivity index (χ0v) is 58.3. The largest absolute Gasteiger partial charge is 0.472 e. The maximum atomic E-state index is 12.8. The smallest absolute Gasteiger partial charge is 0.462 e. The van der Waals surface area contributed by atoms with Crippen LogP contribution in [0.1, 0.15) is 438 Å². The van der Waals surface area contributed by atoms with E-state index in [1.807, 2.05) is 0 Å². The summed E-state index contributed by atoms with van der Waals surface area (Å²) in [6, 6.07) is 0. The molecule has 0 amide bonds. The molecule has 0 aliphatic heterocycles. The molecule has 0 spiro atoms. The molecule has 9 nitrogen and oxygen atoms in total. The number of esters is 2. The van der Waals surface area contributed by atoms with Gasteiger partial charge >= 0.3 is 19.8 Å². The van der Waals surface area contributed by atoms with Gasteiger partial charge in [0.25, 0.3) is 0 Å². The quantitative estimate of drug-likeness (QED) is 0.0347. The summed E-state index contributed by atoms with van der Waals surface area (Å²) < 4.78 is 33.2. The Labute approximate surface area is 530 Å². The minimum Gasteiger partial charge on any atom is -0.462 e. The van der Waals surface area contributed by atoms with Crippen molar-refractivity contribution in [1.82, 2.24) is 0 Å². The van der Waals surface area contributed by atoms with E-state index in [9.17, 15) is 19.0 Å². The van der Waals surface area contributed by atoms with Crippen molar-refractivity contribution >= 4 is 19.8 Å². The van der Waals surface area contributed by atoms with Crippen LogP contribution >= 0.6 is 7.82 Å². The van der Waals surface area contributed by atoms with E-state index in [1.165, 1.54) is 372 Å². The van der Waals surface area contributed by atoms with E-state index in [4.69, 9.17) is 24.3 Å². The van der Waals surface area contributed by atoms with Crippen LogP contribution < -0.4 is 5.73 Å². The van der Waals surface area contributed by atoms with Crippen LogP contribution in [0, 0.1) is 0 Å². The number of hydrogen-bond acceptors (Lipinski definition) is 8. The first-order valence-corrected chi connectivity index (χ1v) is 40.0. The highest BCUT2D eigenvalue weighted by molar-refractivity contribution is 7.47. The fourth-order valence-corrected chi connectivity index (χ4v) is 13.1. The first kappa shape index (κ1) is 84.0. The molecule has 0 aromatic carbocycles. The molecule has 0 bridgehead atoms. The van der Waals surface area contributed by atoms with Crippen LogP contribution in [0.2, 0.25) is 0 Å². The average Bonchev–Trinajstić information content (AvgIpc) is 3.52. The predicted molar refractivity (Wildman–Crippen MR) is 368 cm³/mol. The number of carbonyl (C=O) groups excluding carboxylic acids is 2. The van der Waals surface area contributed by atoms with Crippen LogP contribution in [0.5, 0.6) is 0 Å². The zero-order valence-electron chi connectivity index (χ0n) is 57.4. The lowest BCUT2D eigenvalue weighted by molar-refractivity contribution is -0.161. The highest BCUT2D eigenvalue weighted by atomic mass is 31.2. The van der Waals surface area contributed by atoms with Gasteiger partial charge in [0.2, 0.25) is 0 Å². The van der Waals surface area contributed by atoms with E-state index < -0.39 is 26.5 Å². The van der Waals surface area contributed by atoms with Gasteiger partial charge in [-0.3, -0.25) is 18.6 Å². The Morgan fingerprint density at radius 2 is 0.506 bits per heavy atom. The second kappa shape index (κ2) is 72.1. The lowest BCUT2D eigenvalue weighted by atomic mass is 10.0. The Morgan fingerprint density at radius 3 is 0.718 bits per heavy atom. The fraction of sp³-hybridized carbons (Fsp3) is 0.973. The molecule has 0 saturated heterocycles. The standard InChI is InChI=1S/C75H150NO8P/c1-3-5-7-9-11-13-15-17-19-21-23-25-27-29-31-32-33-34-35-36-37-38-39-40-42-44-46-48-50-52-54-56-58-60-62-64-66-68-75(78)84-73(72-83-85(79,80)82-70-69-76)71-81-74(77)67-65-63-61-59-57-55-53-51-49-47-45-43-41-30-28-26-24-22-20-18-16-14-12-10-8-6-4-2/h73H,3-72,76H2,1-2H3,(H,79,80). The zero-order chi connectivity index (χ0) is 61.6. The molecule has 85 heavy (non-hydrogen) atoms. The molecule has 0 aromatic rings. The van der Waals surface area contributed by atoms with E-state index in [0.29, 0.717) is 12.8 Å². The van der Waals surface area contributed by atoms with E-state index in [2.05, 4.69) is 13.8 Å². The summed E-state index contributed by atoms with van der Waals surface area (Å²) in [5.41, 5.74) is 5.41. The number of carbonyl (C=O) groups is 2. The lowest BCUT2D eigenvalue weighted by Gasteiger charge is -2.19. The maximum Gasteiger partial charge on any atom is 0.472 e. The third-order valence-corrected chi connectivity index (χ3v) is 19.0. The lowest BCUT2D eigenvalue weighted by Crippen LogP contribution is -2.29. The van der Waals surface area contributed by atoms with E-state index in [1.54, 1.807) is 0 Å². The van der Waals surface area contributed by atoms with Gasteiger partial charge < -0.3 is 20.1 Å². The highest BCUT2D eigenvalue weighted by Crippen LogP contribution is 2.43. The predicted octanol–water partition coefficient (Wildman–Crippen LogP) is 25.3. The maximum absolute atomic E-state index is 12.8. The molecule has 0 radical (unpaired) electrons. The topological polar surface area (TPSA) is 134 Å². The SMILES string of the molecule is CCCCCCCCCCCCCCCCCCCCCCCCCCCCCCCCCCCCCCCC(=O)OC(COC(=O)CCCCCCCCCCCCCCCCCCCCCCCCCCCCC)COP(=O)(O)OCCN. The molecular formula is C75H150NO8P. The van der Waals surface area contributed by atoms with E-state index >= 15 is 0 Å². The average molecular weight is 1220 g/mol. The molecule has 3 N–H and O–H groups in total. The highest BCUT2D eigenvalue weighted by Gasteiger charge is 2.26. The summed E-state index contributed by atoms with van der Waals surface area (Å²) in [5, 5.41) is 0. The molecule has 0 aliphatic rings. The van der Waals surface area contributed by atoms with Crippen molar-refractivity contribution < 1.29 is 37.6 Å². The van der Waals surface area contributed by atoms with E-state index in [-0.39, 0.29) is 32.1 Å². The van der Waals surface area contributed by atoms with Gasteiger partial charge in [-0.05, 0) is 12.8 Å². The van der Waals surface area contributed by atoms with Gasteiger partial charge in [-0.15, -0.1) is 0 Å². The third kappa shape index (κ3) is 72.0. The van der Waals surface area contributed by atoms with Gasteiger partial charge in [0.15, 0.2) is 6.10 Å². The Balaban J connectivity index is 3.73. The molecule has 10 heteroatoms. The van der Waals surface area contributed by atoms with Crippen molar-refractivity contribution in [3.63, 3.8) is 0 Å². The Bertz CT molecular complexity index is 1350. The van der Waals surface area contributed by atoms with Gasteiger partial charge in [0, 0.05) is 19.4 Å². The summed E-state index contributed by atoms with van der Waals surface area (Å²) in [6.45, 7) is 3.85. The first-order valence-electron chi connectivity index (χ1n) is 38.5. The van der Waals surface area contributed by atoms with Crippen molar-refractivity contribution in [2.75, 3.05) is 26.4 Å². The van der Waals surface area contributed by atoms with Crippen LogP contribution in [0.4, 0.5) is 0 Å². The number of rotatable bonds is 75. The number of unbranched alkanes of at least 4 members (excludes halogenated alkanes) is 62. The van der Waals surface area contributed by atoms with E-state index in [0.717, 1.165) is 32.1 Å². The van der Waals surface area contributed by atoms with Crippen LogP contribution in [-0.4, -0.2) is 49.3 Å². The molecule has 0 rings (SSSR count). The fourth-order valence-electron chi connectivity index (χ4n) is 12.3. The Hall–Kier alpha value is -0.990. The molecule has 2 unspecified atom stereocenters. The van der Waals surface area contributed by atoms with Crippen LogP contribution in [0.3, 0.4) is 0 Å². The van der Waals surface area contributed by atoms with Gasteiger partial charge in [-0.25, -0.2) is 4.57 Å². The minimum atomic E-state index is -4.39. The summed E-state index contributed by atoms with van der Waals surface area (Å²) >= 11 is 0. The monoisotopic (exact) mass is 1220 g/mol.